The third-order valence-electron chi connectivity index (χ3n) is 5.12. The van der Waals surface area contributed by atoms with E-state index in [1.165, 1.54) is 0 Å². The molecule has 154 valence electrons. The minimum atomic E-state index is -0.381. The van der Waals surface area contributed by atoms with Gasteiger partial charge in [-0.1, -0.05) is 0 Å². The number of fused-ring (bicyclic) bond motifs is 1. The number of anilines is 2. The molecule has 4 heterocycles. The van der Waals surface area contributed by atoms with E-state index < -0.39 is 0 Å². The van der Waals surface area contributed by atoms with Crippen molar-refractivity contribution < 1.29 is 9.59 Å². The van der Waals surface area contributed by atoms with E-state index in [-0.39, 0.29) is 18.2 Å². The van der Waals surface area contributed by atoms with Gasteiger partial charge in [0.1, 0.15) is 0 Å². The zero-order chi connectivity index (χ0) is 20.8. The number of rotatable bonds is 6. The maximum atomic E-state index is 11.9. The molecule has 3 N–H and O–H groups in total. The molecule has 0 bridgehead atoms. The molecule has 3 aromatic heterocycles. The second-order valence-electron chi connectivity index (χ2n) is 7.60. The van der Waals surface area contributed by atoms with Crippen LogP contribution in [0.5, 0.6) is 0 Å². The molecular weight excluding hydrogens is 386 g/mol. The standard InChI is InChI=1S/C19H21N9O2/c1-10-5-14(26-27(10)2)9-20-18-24-16-12(6-11-7-15(29)23-17(11)30)8-21-28(16)19(25-18)22-13-3-4-13/h5-6,8,13H,3-4,7,9H2,1-2H3,(H,23,29,30)(H2,20,22,24,25)/b11-6+. The van der Waals surface area contributed by atoms with Gasteiger partial charge < -0.3 is 10.6 Å². The van der Waals surface area contributed by atoms with Crippen molar-refractivity contribution in [1.29, 1.82) is 0 Å². The lowest BCUT2D eigenvalue weighted by molar-refractivity contribution is -0.124. The maximum Gasteiger partial charge on any atom is 0.254 e. The normalized spacial score (nSPS) is 17.7. The van der Waals surface area contributed by atoms with Crippen LogP contribution in [-0.4, -0.2) is 47.2 Å². The summed E-state index contributed by atoms with van der Waals surface area (Å²) in [5.74, 6) is 0.329. The van der Waals surface area contributed by atoms with Crippen LogP contribution in [-0.2, 0) is 23.2 Å². The number of nitrogens with one attached hydrogen (secondary N) is 3. The Bertz CT molecular complexity index is 1180. The van der Waals surface area contributed by atoms with Gasteiger partial charge in [-0.15, -0.1) is 0 Å². The van der Waals surface area contributed by atoms with E-state index in [0.717, 1.165) is 24.2 Å². The Labute approximate surface area is 171 Å². The first kappa shape index (κ1) is 18.3. The quantitative estimate of drug-likeness (QED) is 0.404. The number of hydrogen-bond acceptors (Lipinski definition) is 8. The molecule has 2 aliphatic rings. The molecule has 0 aromatic carbocycles. The van der Waals surface area contributed by atoms with E-state index in [4.69, 9.17) is 0 Å². The SMILES string of the molecule is Cc1cc(CNc2nc(NC3CC3)n3ncc(/C=C4\CC(=O)NC4=O)c3n2)nn1C. The molecule has 11 heteroatoms. The van der Waals surface area contributed by atoms with E-state index in [1.807, 2.05) is 24.7 Å². The Morgan fingerprint density at radius 3 is 2.80 bits per heavy atom. The average Bonchev–Trinajstić information content (AvgIpc) is 3.21. The third-order valence-corrected chi connectivity index (χ3v) is 5.12. The van der Waals surface area contributed by atoms with Gasteiger partial charge in [0.25, 0.3) is 5.91 Å². The summed E-state index contributed by atoms with van der Waals surface area (Å²) in [6.45, 7) is 2.47. The molecule has 0 radical (unpaired) electrons. The fourth-order valence-electron chi connectivity index (χ4n) is 3.28. The summed E-state index contributed by atoms with van der Waals surface area (Å²) in [7, 11) is 1.90. The first-order valence-electron chi connectivity index (χ1n) is 9.77. The number of aryl methyl sites for hydroxylation is 2. The summed E-state index contributed by atoms with van der Waals surface area (Å²) in [5, 5.41) is 17.7. The number of carbonyl (C=O) groups excluding carboxylic acids is 2. The van der Waals surface area contributed by atoms with Gasteiger partial charge in [0, 0.05) is 29.9 Å². The van der Waals surface area contributed by atoms with Crippen LogP contribution in [0.4, 0.5) is 11.9 Å². The van der Waals surface area contributed by atoms with Crippen LogP contribution in [0.25, 0.3) is 11.7 Å². The number of amides is 2. The molecule has 1 aliphatic carbocycles. The van der Waals surface area contributed by atoms with Gasteiger partial charge in [-0.2, -0.15) is 24.7 Å². The molecule has 1 saturated carbocycles. The second kappa shape index (κ2) is 6.94. The molecule has 1 aliphatic heterocycles. The molecule has 11 nitrogen and oxygen atoms in total. The van der Waals surface area contributed by atoms with Gasteiger partial charge in [-0.25, -0.2) is 0 Å². The van der Waals surface area contributed by atoms with E-state index >= 15 is 0 Å². The molecule has 30 heavy (non-hydrogen) atoms. The number of hydrogen-bond donors (Lipinski definition) is 3. The molecule has 2 amide bonds. The lowest BCUT2D eigenvalue weighted by Crippen LogP contribution is -2.19. The first-order chi connectivity index (χ1) is 14.5. The number of aromatic nitrogens is 6. The zero-order valence-electron chi connectivity index (χ0n) is 16.6. The summed E-state index contributed by atoms with van der Waals surface area (Å²) < 4.78 is 3.44. The Morgan fingerprint density at radius 2 is 2.13 bits per heavy atom. The van der Waals surface area contributed by atoms with E-state index in [1.54, 1.807) is 16.8 Å². The summed E-state index contributed by atoms with van der Waals surface area (Å²) >= 11 is 0. The van der Waals surface area contributed by atoms with Crippen LogP contribution in [0.1, 0.15) is 36.2 Å². The predicted octanol–water partition coefficient (Wildman–Crippen LogP) is 0.783. The van der Waals surface area contributed by atoms with Crippen LogP contribution in [0.15, 0.2) is 17.8 Å². The van der Waals surface area contributed by atoms with Crippen molar-refractivity contribution in [3.63, 3.8) is 0 Å². The van der Waals surface area contributed by atoms with Crippen LogP contribution in [0.2, 0.25) is 0 Å². The molecule has 0 atom stereocenters. The highest BCUT2D eigenvalue weighted by Gasteiger charge is 2.26. The highest BCUT2D eigenvalue weighted by molar-refractivity contribution is 6.15. The Balaban J connectivity index is 1.49. The molecule has 3 aromatic rings. The van der Waals surface area contributed by atoms with Gasteiger partial charge in [-0.05, 0) is 31.9 Å². The molecule has 2 fully saturated rings. The Morgan fingerprint density at radius 1 is 1.30 bits per heavy atom. The second-order valence-corrected chi connectivity index (χ2v) is 7.60. The highest BCUT2D eigenvalue weighted by atomic mass is 16.2. The average molecular weight is 407 g/mol. The van der Waals surface area contributed by atoms with Crippen LogP contribution in [0, 0.1) is 6.92 Å². The number of imide groups is 1. The van der Waals surface area contributed by atoms with Gasteiger partial charge in [-0.3, -0.25) is 19.6 Å². The van der Waals surface area contributed by atoms with Crippen molar-refractivity contribution in [3.05, 3.63) is 34.8 Å². The monoisotopic (exact) mass is 407 g/mol. The van der Waals surface area contributed by atoms with E-state index in [2.05, 4.69) is 36.1 Å². The molecule has 1 saturated heterocycles. The van der Waals surface area contributed by atoms with Crippen molar-refractivity contribution in [2.24, 2.45) is 7.05 Å². The van der Waals surface area contributed by atoms with Gasteiger partial charge >= 0.3 is 0 Å². The lowest BCUT2D eigenvalue weighted by atomic mass is 10.1. The summed E-state index contributed by atoms with van der Waals surface area (Å²) in [6, 6.07) is 2.37. The lowest BCUT2D eigenvalue weighted by Gasteiger charge is -2.09. The minimum Gasteiger partial charge on any atom is -0.351 e. The van der Waals surface area contributed by atoms with Gasteiger partial charge in [0.15, 0.2) is 5.65 Å². The fourth-order valence-corrected chi connectivity index (χ4v) is 3.28. The minimum absolute atomic E-state index is 0.0541. The number of nitrogens with zero attached hydrogens (tertiary/aromatic N) is 6. The highest BCUT2D eigenvalue weighted by Crippen LogP contribution is 2.26. The zero-order valence-corrected chi connectivity index (χ0v) is 16.6. The molecular formula is C19H21N9O2. The Kier molecular flexibility index (Phi) is 4.23. The number of carbonyl (C=O) groups is 2. The summed E-state index contributed by atoms with van der Waals surface area (Å²) in [5.41, 5.74) is 3.53. The topological polar surface area (TPSA) is 131 Å². The van der Waals surface area contributed by atoms with Crippen LogP contribution in [0.3, 0.4) is 0 Å². The molecule has 5 rings (SSSR count). The Hall–Kier alpha value is -3.76. The maximum absolute atomic E-state index is 11.9. The molecule has 0 spiro atoms. The van der Waals surface area contributed by atoms with E-state index in [9.17, 15) is 9.59 Å². The van der Waals surface area contributed by atoms with Crippen LogP contribution >= 0.6 is 0 Å². The fraction of sp³-hybridized carbons (Fsp3) is 0.368. The van der Waals surface area contributed by atoms with Crippen molar-refractivity contribution in [1.82, 2.24) is 34.7 Å². The smallest absolute Gasteiger partial charge is 0.254 e. The summed E-state index contributed by atoms with van der Waals surface area (Å²) in [4.78, 5) is 32.6. The van der Waals surface area contributed by atoms with Gasteiger partial charge in [0.05, 0.1) is 24.9 Å². The predicted molar refractivity (Wildman–Crippen MR) is 108 cm³/mol. The van der Waals surface area contributed by atoms with Crippen molar-refractivity contribution in [3.8, 4) is 0 Å². The van der Waals surface area contributed by atoms with E-state index in [0.29, 0.717) is 41.3 Å². The van der Waals surface area contributed by atoms with Crippen molar-refractivity contribution in [2.75, 3.05) is 10.6 Å². The largest absolute Gasteiger partial charge is 0.351 e. The summed E-state index contributed by atoms with van der Waals surface area (Å²) in [6.07, 6.45) is 5.50. The van der Waals surface area contributed by atoms with Crippen LogP contribution < -0.4 is 16.0 Å². The first-order valence-corrected chi connectivity index (χ1v) is 9.77. The van der Waals surface area contributed by atoms with Gasteiger partial charge in [0.2, 0.25) is 17.8 Å². The van der Waals surface area contributed by atoms with Crippen molar-refractivity contribution >= 4 is 35.4 Å². The van der Waals surface area contributed by atoms with Crippen molar-refractivity contribution in [2.45, 2.75) is 38.8 Å². The molecule has 0 unspecified atom stereocenters. The third kappa shape index (κ3) is 3.49.